The monoisotopic (exact) mass is 517 g/mol. The number of benzene rings is 1. The molecular formula is C23H27N5O7S. The molecule has 1 aliphatic rings. The van der Waals surface area contributed by atoms with Gasteiger partial charge in [0.25, 0.3) is 5.56 Å². The van der Waals surface area contributed by atoms with Crippen LogP contribution in [0, 0.1) is 6.92 Å². The van der Waals surface area contributed by atoms with Crippen molar-refractivity contribution in [2.24, 2.45) is 0 Å². The molecule has 0 saturated carbocycles. The lowest BCUT2D eigenvalue weighted by molar-refractivity contribution is 0.192. The summed E-state index contributed by atoms with van der Waals surface area (Å²) in [7, 11) is -1.21. The fourth-order valence-electron chi connectivity index (χ4n) is 3.88. The summed E-state index contributed by atoms with van der Waals surface area (Å²) in [4.78, 5) is 26.2. The van der Waals surface area contributed by atoms with Crippen molar-refractivity contribution in [1.29, 1.82) is 0 Å². The zero-order chi connectivity index (χ0) is 25.9. The normalized spacial score (nSPS) is 15.6. The Balaban J connectivity index is 1.79. The van der Waals surface area contributed by atoms with Crippen molar-refractivity contribution < 1.29 is 27.7 Å². The highest BCUT2D eigenvalue weighted by Crippen LogP contribution is 2.36. The van der Waals surface area contributed by atoms with E-state index in [9.17, 15) is 18.3 Å². The van der Waals surface area contributed by atoms with Crippen LogP contribution in [0.5, 0.6) is 17.4 Å². The van der Waals surface area contributed by atoms with E-state index in [1.54, 1.807) is 30.6 Å². The molecule has 1 atom stereocenters. The predicted octanol–water partition coefficient (Wildman–Crippen LogP) is 1.54. The van der Waals surface area contributed by atoms with Crippen LogP contribution in [-0.4, -0.2) is 66.2 Å². The summed E-state index contributed by atoms with van der Waals surface area (Å²) in [6, 6.07) is 4.96. The number of hydrogen-bond acceptors (Lipinski definition) is 10. The third kappa shape index (κ3) is 5.26. The van der Waals surface area contributed by atoms with Crippen LogP contribution < -0.4 is 19.8 Å². The lowest BCUT2D eigenvalue weighted by Crippen LogP contribution is -2.31. The minimum atomic E-state index is -4.08. The summed E-state index contributed by atoms with van der Waals surface area (Å²) in [6.07, 6.45) is 3.74. The van der Waals surface area contributed by atoms with Crippen molar-refractivity contribution in [2.75, 3.05) is 37.9 Å². The summed E-state index contributed by atoms with van der Waals surface area (Å²) in [5, 5.41) is 10.7. The second-order valence-corrected chi connectivity index (χ2v) is 10.1. The predicted molar refractivity (Wildman–Crippen MR) is 131 cm³/mol. The number of hydrogen-bond donors (Lipinski definition) is 2. The molecule has 0 aliphatic carbocycles. The van der Waals surface area contributed by atoms with Gasteiger partial charge in [-0.2, -0.15) is 4.98 Å². The Bertz CT molecular complexity index is 1380. The van der Waals surface area contributed by atoms with Crippen molar-refractivity contribution >= 4 is 15.7 Å². The maximum absolute atomic E-state index is 13.8. The van der Waals surface area contributed by atoms with E-state index in [2.05, 4.69) is 19.7 Å². The average Bonchev–Trinajstić information content (AvgIpc) is 3.40. The van der Waals surface area contributed by atoms with Gasteiger partial charge in [-0.15, -0.1) is 0 Å². The molecule has 192 valence electrons. The molecule has 2 N–H and O–H groups in total. The average molecular weight is 518 g/mol. The van der Waals surface area contributed by atoms with Crippen LogP contribution in [0.25, 0.3) is 5.69 Å². The number of para-hydroxylation sites is 1. The van der Waals surface area contributed by atoms with Crippen LogP contribution in [0.15, 0.2) is 35.4 Å². The maximum atomic E-state index is 13.8. The number of nitrogens with one attached hydrogen (secondary N) is 1. The Morgan fingerprint density at radius 1 is 1.19 bits per heavy atom. The number of aromatic hydroxyl groups is 1. The highest BCUT2D eigenvalue weighted by Gasteiger charge is 2.30. The van der Waals surface area contributed by atoms with E-state index in [-0.39, 0.29) is 30.5 Å². The number of nitrogens with zero attached hydrogens (tertiary/aromatic N) is 4. The summed E-state index contributed by atoms with van der Waals surface area (Å²) in [6.45, 7) is 2.56. The Morgan fingerprint density at radius 3 is 2.44 bits per heavy atom. The summed E-state index contributed by atoms with van der Waals surface area (Å²) >= 11 is 0. The van der Waals surface area contributed by atoms with E-state index in [1.165, 1.54) is 18.8 Å². The van der Waals surface area contributed by atoms with Crippen molar-refractivity contribution in [3.8, 4) is 23.1 Å². The Kier molecular flexibility index (Phi) is 7.40. The third-order valence-electron chi connectivity index (χ3n) is 5.70. The molecule has 4 rings (SSSR count). The van der Waals surface area contributed by atoms with Gasteiger partial charge in [0, 0.05) is 31.3 Å². The van der Waals surface area contributed by atoms with E-state index < -0.39 is 32.9 Å². The van der Waals surface area contributed by atoms with Gasteiger partial charge in [-0.05, 0) is 31.0 Å². The molecule has 3 heterocycles. The number of sulfonamides is 1. The van der Waals surface area contributed by atoms with Gasteiger partial charge in [-0.1, -0.05) is 6.07 Å². The lowest BCUT2D eigenvalue weighted by Gasteiger charge is -2.21. The van der Waals surface area contributed by atoms with Crippen LogP contribution in [0.2, 0.25) is 0 Å². The number of anilines is 1. The summed E-state index contributed by atoms with van der Waals surface area (Å²) in [5.41, 5.74) is -0.344. The quantitative estimate of drug-likeness (QED) is 0.427. The van der Waals surface area contributed by atoms with E-state index in [4.69, 9.17) is 14.2 Å². The molecule has 0 unspecified atom stereocenters. The van der Waals surface area contributed by atoms with Crippen molar-refractivity contribution in [2.45, 2.75) is 25.7 Å². The molecular weight excluding hydrogens is 490 g/mol. The zero-order valence-electron chi connectivity index (χ0n) is 20.1. The molecule has 36 heavy (non-hydrogen) atoms. The minimum Gasteiger partial charge on any atom is -0.494 e. The van der Waals surface area contributed by atoms with Crippen molar-refractivity contribution in [3.05, 3.63) is 58.2 Å². The molecule has 0 radical (unpaired) electrons. The fourth-order valence-corrected chi connectivity index (χ4v) is 4.92. The maximum Gasteiger partial charge on any atom is 0.286 e. The van der Waals surface area contributed by atoms with Crippen LogP contribution in [0.3, 0.4) is 0 Å². The Morgan fingerprint density at radius 2 is 1.86 bits per heavy atom. The zero-order valence-corrected chi connectivity index (χ0v) is 20.9. The first-order valence-electron chi connectivity index (χ1n) is 11.2. The Hall–Kier alpha value is -3.71. The topological polar surface area (TPSA) is 155 Å². The summed E-state index contributed by atoms with van der Waals surface area (Å²) in [5.74, 6) is -0.325. The van der Waals surface area contributed by atoms with Crippen molar-refractivity contribution in [3.63, 3.8) is 0 Å². The van der Waals surface area contributed by atoms with Crippen LogP contribution in [0.1, 0.15) is 29.6 Å². The van der Waals surface area contributed by atoms with Gasteiger partial charge in [0.15, 0.2) is 5.69 Å². The highest BCUT2D eigenvalue weighted by molar-refractivity contribution is 7.92. The number of ether oxygens (including phenoxy) is 3. The minimum absolute atomic E-state index is 0.00974. The largest absolute Gasteiger partial charge is 0.494 e. The standard InChI is InChI=1S/C23H27N5O7S/c1-14-11-24-18(25-12-14)8-10-36(31,32)27-19-22(29)26-21(15-7-9-35-13-15)28(23(19)30)20-16(33-2)5-4-6-17(20)34-3/h4-6,11-12,15,27,29H,7-10,13H2,1-3H3/t15-/m0/s1. The molecule has 3 aromatic rings. The Labute approximate surface area is 208 Å². The van der Waals surface area contributed by atoms with Gasteiger partial charge >= 0.3 is 0 Å². The third-order valence-corrected chi connectivity index (χ3v) is 6.95. The first kappa shape index (κ1) is 25.4. The number of aryl methyl sites for hydroxylation is 2. The molecule has 1 fully saturated rings. The van der Waals surface area contributed by atoms with E-state index >= 15 is 0 Å². The number of aromatic nitrogens is 4. The van der Waals surface area contributed by atoms with Crippen molar-refractivity contribution in [1.82, 2.24) is 19.5 Å². The van der Waals surface area contributed by atoms with Gasteiger partial charge < -0.3 is 19.3 Å². The number of methoxy groups -OCH3 is 2. The second kappa shape index (κ2) is 10.5. The van der Waals surface area contributed by atoms with Crippen LogP contribution >= 0.6 is 0 Å². The highest BCUT2D eigenvalue weighted by atomic mass is 32.2. The molecule has 13 heteroatoms. The SMILES string of the molecule is COc1cccc(OC)c1-n1c([C@H]2CCOC2)nc(O)c(NS(=O)(=O)CCc2ncc(C)cn2)c1=O. The fraction of sp³-hybridized carbons (Fsp3) is 0.391. The molecule has 0 spiro atoms. The molecule has 2 aromatic heterocycles. The van der Waals surface area contributed by atoms with E-state index in [0.29, 0.717) is 30.4 Å². The molecule has 1 aromatic carbocycles. The van der Waals surface area contributed by atoms with Gasteiger partial charge in [-0.25, -0.2) is 18.4 Å². The molecule has 1 aliphatic heterocycles. The lowest BCUT2D eigenvalue weighted by atomic mass is 10.1. The smallest absolute Gasteiger partial charge is 0.286 e. The summed E-state index contributed by atoms with van der Waals surface area (Å²) < 4.78 is 45.5. The van der Waals surface area contributed by atoms with E-state index in [0.717, 1.165) is 5.56 Å². The van der Waals surface area contributed by atoms with Crippen LogP contribution in [0.4, 0.5) is 5.69 Å². The van der Waals surface area contributed by atoms with Gasteiger partial charge in [0.05, 0.1) is 26.6 Å². The van der Waals surface area contributed by atoms with Crippen LogP contribution in [-0.2, 0) is 21.2 Å². The molecule has 1 saturated heterocycles. The van der Waals surface area contributed by atoms with E-state index in [1.807, 2.05) is 6.92 Å². The van der Waals surface area contributed by atoms with Gasteiger partial charge in [0.2, 0.25) is 15.9 Å². The second-order valence-electron chi connectivity index (χ2n) is 8.23. The number of rotatable bonds is 9. The van der Waals surface area contributed by atoms with Gasteiger partial charge in [-0.3, -0.25) is 14.1 Å². The molecule has 0 amide bonds. The first-order chi connectivity index (χ1) is 17.2. The molecule has 0 bridgehead atoms. The first-order valence-corrected chi connectivity index (χ1v) is 12.8. The molecule has 12 nitrogen and oxygen atoms in total. The van der Waals surface area contributed by atoms with Gasteiger partial charge in [0.1, 0.15) is 28.8 Å².